The van der Waals surface area contributed by atoms with Crippen LogP contribution in [0.5, 0.6) is 0 Å². The van der Waals surface area contributed by atoms with Gasteiger partial charge in [0.15, 0.2) is 5.92 Å². The van der Waals surface area contributed by atoms with Gasteiger partial charge in [0, 0.05) is 13.1 Å². The number of piperidine rings is 1. The van der Waals surface area contributed by atoms with Gasteiger partial charge in [-0.25, -0.2) is 12.8 Å². The molecular formula is C24H23F7N2O4S. The maximum Gasteiger partial charge on any atom is 0.404 e. The Bertz CT molecular complexity index is 1270. The van der Waals surface area contributed by atoms with Crippen LogP contribution in [-0.4, -0.2) is 61.9 Å². The van der Waals surface area contributed by atoms with E-state index in [1.807, 2.05) is 0 Å². The van der Waals surface area contributed by atoms with E-state index >= 15 is 0 Å². The maximum absolute atomic E-state index is 13.7. The summed E-state index contributed by atoms with van der Waals surface area (Å²) in [5, 5.41) is 9.75. The first kappa shape index (κ1) is 28.1. The molecule has 1 N–H and O–H groups in total. The summed E-state index contributed by atoms with van der Waals surface area (Å²) in [4.78, 5) is 14.4. The summed E-state index contributed by atoms with van der Waals surface area (Å²) in [6.45, 7) is 0.289. The third-order valence-electron chi connectivity index (χ3n) is 6.73. The smallest absolute Gasteiger partial charge is 0.393 e. The van der Waals surface area contributed by atoms with E-state index in [1.54, 1.807) is 0 Å². The molecule has 2 aliphatic rings. The summed E-state index contributed by atoms with van der Waals surface area (Å²) in [6.07, 6.45) is -11.8. The third kappa shape index (κ3) is 5.46. The van der Waals surface area contributed by atoms with E-state index in [4.69, 9.17) is 0 Å². The second-order valence-electron chi connectivity index (χ2n) is 9.27. The molecule has 0 saturated carbocycles. The van der Waals surface area contributed by atoms with Crippen LogP contribution in [0.3, 0.4) is 0 Å². The highest BCUT2D eigenvalue weighted by Crippen LogP contribution is 2.48. The standard InChI is InChI=1S/C24H23F7N2O4S/c25-16-3-5-18(6-4-16)38(36,37)33-19-7-2-15(21(23(26,27)28)24(29,30)31)13-14(19)1-8-20(33)22(35)32-11-9-17(34)10-12-32/h2-7,13,17,20-21,34H,1,8-12H2. The van der Waals surface area contributed by atoms with Crippen molar-refractivity contribution in [3.8, 4) is 0 Å². The van der Waals surface area contributed by atoms with E-state index in [0.717, 1.165) is 30.3 Å². The fourth-order valence-corrected chi connectivity index (χ4v) is 6.55. The molecule has 38 heavy (non-hydrogen) atoms. The minimum Gasteiger partial charge on any atom is -0.393 e. The van der Waals surface area contributed by atoms with Crippen LogP contribution >= 0.6 is 0 Å². The van der Waals surface area contributed by atoms with E-state index < -0.39 is 62.6 Å². The van der Waals surface area contributed by atoms with Crippen molar-refractivity contribution in [2.24, 2.45) is 0 Å². The number of benzene rings is 2. The fraction of sp³-hybridized carbons (Fsp3) is 0.458. The molecule has 1 unspecified atom stereocenters. The Labute approximate surface area is 213 Å². The van der Waals surface area contributed by atoms with Crippen molar-refractivity contribution in [2.45, 2.75) is 61.0 Å². The van der Waals surface area contributed by atoms with Gasteiger partial charge in [-0.3, -0.25) is 9.10 Å². The first-order valence-corrected chi connectivity index (χ1v) is 13.1. The zero-order valence-corrected chi connectivity index (χ0v) is 20.5. The molecule has 0 bridgehead atoms. The lowest BCUT2D eigenvalue weighted by Crippen LogP contribution is -2.54. The molecule has 0 aromatic heterocycles. The molecule has 0 aliphatic carbocycles. The van der Waals surface area contributed by atoms with Crippen LogP contribution in [0.15, 0.2) is 47.4 Å². The molecule has 1 saturated heterocycles. The SMILES string of the molecule is O=C(C1CCc2cc(C(C(F)(F)F)C(F)(F)F)ccc2N1S(=O)(=O)c1ccc(F)cc1)N1CCC(O)CC1. The first-order chi connectivity index (χ1) is 17.6. The molecule has 2 aromatic carbocycles. The molecule has 2 aromatic rings. The van der Waals surface area contributed by atoms with Crippen molar-refractivity contribution in [1.82, 2.24) is 4.90 Å². The number of nitrogens with zero attached hydrogens (tertiary/aromatic N) is 2. The zero-order chi connectivity index (χ0) is 28.0. The summed E-state index contributed by atoms with van der Waals surface area (Å²) in [5.74, 6) is -5.13. The summed E-state index contributed by atoms with van der Waals surface area (Å²) < 4.78 is 122. The number of hydrogen-bond donors (Lipinski definition) is 1. The van der Waals surface area contributed by atoms with Crippen LogP contribution in [-0.2, 0) is 21.2 Å². The van der Waals surface area contributed by atoms with Gasteiger partial charge in [-0.05, 0) is 67.1 Å². The Morgan fingerprint density at radius 3 is 2.05 bits per heavy atom. The lowest BCUT2D eigenvalue weighted by atomic mass is 9.90. The number of sulfonamides is 1. The molecule has 4 rings (SSSR count). The van der Waals surface area contributed by atoms with Crippen molar-refractivity contribution in [3.63, 3.8) is 0 Å². The van der Waals surface area contributed by atoms with Crippen molar-refractivity contribution >= 4 is 21.6 Å². The lowest BCUT2D eigenvalue weighted by molar-refractivity contribution is -0.253. The Kier molecular flexibility index (Phi) is 7.43. The molecule has 2 aliphatic heterocycles. The van der Waals surface area contributed by atoms with Gasteiger partial charge in [-0.15, -0.1) is 0 Å². The number of aryl methyl sites for hydroxylation is 1. The first-order valence-electron chi connectivity index (χ1n) is 11.6. The number of amides is 1. The monoisotopic (exact) mass is 568 g/mol. The van der Waals surface area contributed by atoms with Gasteiger partial charge < -0.3 is 10.0 Å². The van der Waals surface area contributed by atoms with E-state index in [0.29, 0.717) is 16.4 Å². The Hall–Kier alpha value is -2.87. The number of aliphatic hydroxyl groups is 1. The maximum atomic E-state index is 13.7. The molecule has 208 valence electrons. The average Bonchev–Trinajstić information content (AvgIpc) is 2.81. The van der Waals surface area contributed by atoms with Gasteiger partial charge in [-0.1, -0.05) is 12.1 Å². The number of carbonyl (C=O) groups is 1. The molecule has 2 heterocycles. The van der Waals surface area contributed by atoms with Gasteiger partial charge in [0.2, 0.25) is 5.91 Å². The molecule has 1 atom stereocenters. The summed E-state index contributed by atoms with van der Waals surface area (Å²) in [6, 6.07) is 4.38. The second-order valence-corrected chi connectivity index (χ2v) is 11.1. The van der Waals surface area contributed by atoms with Crippen molar-refractivity contribution in [3.05, 3.63) is 59.4 Å². The topological polar surface area (TPSA) is 77.9 Å². The largest absolute Gasteiger partial charge is 0.404 e. The van der Waals surface area contributed by atoms with Gasteiger partial charge in [0.25, 0.3) is 10.0 Å². The van der Waals surface area contributed by atoms with Crippen molar-refractivity contribution in [1.29, 1.82) is 0 Å². The molecule has 14 heteroatoms. The highest BCUT2D eigenvalue weighted by Gasteiger charge is 2.57. The van der Waals surface area contributed by atoms with Crippen LogP contribution in [0.4, 0.5) is 36.4 Å². The number of hydrogen-bond acceptors (Lipinski definition) is 4. The van der Waals surface area contributed by atoms with Crippen LogP contribution in [0.2, 0.25) is 0 Å². The zero-order valence-electron chi connectivity index (χ0n) is 19.6. The van der Waals surface area contributed by atoms with Gasteiger partial charge >= 0.3 is 12.4 Å². The van der Waals surface area contributed by atoms with Gasteiger partial charge in [-0.2, -0.15) is 26.3 Å². The quantitative estimate of drug-likeness (QED) is 0.551. The minimum absolute atomic E-state index is 0.107. The molecular weight excluding hydrogens is 545 g/mol. The number of carbonyl (C=O) groups excluding carboxylic acids is 1. The number of aliphatic hydroxyl groups excluding tert-OH is 1. The highest BCUT2D eigenvalue weighted by atomic mass is 32.2. The predicted molar refractivity (Wildman–Crippen MR) is 121 cm³/mol. The second kappa shape index (κ2) is 10.0. The number of likely N-dealkylation sites (tertiary alicyclic amines) is 1. The number of alkyl halides is 6. The molecule has 0 spiro atoms. The fourth-order valence-electron chi connectivity index (χ4n) is 4.88. The summed E-state index contributed by atoms with van der Waals surface area (Å²) >= 11 is 0. The Morgan fingerprint density at radius 1 is 0.921 bits per heavy atom. The van der Waals surface area contributed by atoms with Crippen LogP contribution < -0.4 is 4.31 Å². The van der Waals surface area contributed by atoms with Crippen molar-refractivity contribution < 1.29 is 49.1 Å². The lowest BCUT2D eigenvalue weighted by Gasteiger charge is -2.41. The van der Waals surface area contributed by atoms with E-state index in [2.05, 4.69) is 0 Å². The molecule has 1 amide bonds. The van der Waals surface area contributed by atoms with E-state index in [1.165, 1.54) is 4.90 Å². The average molecular weight is 569 g/mol. The normalized spacial score (nSPS) is 19.6. The third-order valence-corrected chi connectivity index (χ3v) is 8.57. The summed E-state index contributed by atoms with van der Waals surface area (Å²) in [7, 11) is -4.60. The molecule has 0 radical (unpaired) electrons. The minimum atomic E-state index is -5.64. The number of rotatable bonds is 4. The number of anilines is 1. The Morgan fingerprint density at radius 2 is 1.50 bits per heavy atom. The summed E-state index contributed by atoms with van der Waals surface area (Å²) in [5.41, 5.74) is -1.44. The molecule has 6 nitrogen and oxygen atoms in total. The van der Waals surface area contributed by atoms with Gasteiger partial charge in [0.1, 0.15) is 11.9 Å². The number of fused-ring (bicyclic) bond motifs is 1. The number of halogens is 7. The van der Waals surface area contributed by atoms with Crippen LogP contribution in [0, 0.1) is 5.82 Å². The Balaban J connectivity index is 1.81. The van der Waals surface area contributed by atoms with Crippen LogP contribution in [0.1, 0.15) is 36.3 Å². The molecule has 1 fully saturated rings. The van der Waals surface area contributed by atoms with Crippen LogP contribution in [0.25, 0.3) is 0 Å². The van der Waals surface area contributed by atoms with E-state index in [-0.39, 0.29) is 50.0 Å². The van der Waals surface area contributed by atoms with Gasteiger partial charge in [0.05, 0.1) is 16.7 Å². The highest BCUT2D eigenvalue weighted by molar-refractivity contribution is 7.93. The van der Waals surface area contributed by atoms with Crippen molar-refractivity contribution in [2.75, 3.05) is 17.4 Å². The van der Waals surface area contributed by atoms with E-state index in [9.17, 15) is 49.1 Å². The predicted octanol–water partition coefficient (Wildman–Crippen LogP) is 4.53.